The van der Waals surface area contributed by atoms with E-state index in [2.05, 4.69) is 36.2 Å². The van der Waals surface area contributed by atoms with E-state index in [1.807, 2.05) is 17.9 Å². The van der Waals surface area contributed by atoms with Gasteiger partial charge < -0.3 is 9.64 Å². The minimum atomic E-state index is 0.201. The molecule has 2 rings (SSSR count). The van der Waals surface area contributed by atoms with Crippen LogP contribution in [0.15, 0.2) is 30.3 Å². The third kappa shape index (κ3) is 3.81. The van der Waals surface area contributed by atoms with Crippen LogP contribution >= 0.6 is 0 Å². The van der Waals surface area contributed by atoms with E-state index < -0.39 is 0 Å². The van der Waals surface area contributed by atoms with Crippen LogP contribution in [0.5, 0.6) is 0 Å². The molecule has 1 heterocycles. The number of rotatable bonds is 5. The molecule has 0 saturated carbocycles. The van der Waals surface area contributed by atoms with Gasteiger partial charge in [0.1, 0.15) is 0 Å². The fourth-order valence-corrected chi connectivity index (χ4v) is 2.60. The van der Waals surface area contributed by atoms with Gasteiger partial charge in [0.25, 0.3) is 0 Å². The lowest BCUT2D eigenvalue weighted by Crippen LogP contribution is -2.49. The molecule has 1 fully saturated rings. The zero-order chi connectivity index (χ0) is 14.4. The van der Waals surface area contributed by atoms with Crippen molar-refractivity contribution < 1.29 is 9.53 Å². The maximum absolute atomic E-state index is 12.2. The number of amides is 1. The van der Waals surface area contributed by atoms with E-state index in [9.17, 15) is 4.79 Å². The Labute approximate surface area is 121 Å². The van der Waals surface area contributed by atoms with Gasteiger partial charge in [0.2, 0.25) is 5.91 Å². The number of hydrogen-bond donors (Lipinski definition) is 0. The van der Waals surface area contributed by atoms with Crippen molar-refractivity contribution in [2.45, 2.75) is 19.4 Å². The second kappa shape index (κ2) is 7.41. The predicted octanol–water partition coefficient (Wildman–Crippen LogP) is 1.93. The van der Waals surface area contributed by atoms with Crippen molar-refractivity contribution in [2.75, 3.05) is 39.9 Å². The number of likely N-dealkylation sites (N-methyl/N-ethyl adjacent to an activating group) is 1. The minimum absolute atomic E-state index is 0.201. The molecule has 1 saturated heterocycles. The van der Waals surface area contributed by atoms with Crippen LogP contribution in [-0.2, 0) is 9.53 Å². The maximum Gasteiger partial charge on any atom is 0.224 e. The van der Waals surface area contributed by atoms with Crippen LogP contribution in [0.3, 0.4) is 0 Å². The molecule has 0 aromatic heterocycles. The van der Waals surface area contributed by atoms with E-state index >= 15 is 0 Å². The Kier molecular flexibility index (Phi) is 5.56. The molecule has 1 amide bonds. The Hall–Kier alpha value is -1.39. The summed E-state index contributed by atoms with van der Waals surface area (Å²) in [4.78, 5) is 16.5. The molecule has 110 valence electrons. The van der Waals surface area contributed by atoms with E-state index in [1.165, 1.54) is 5.56 Å². The molecular weight excluding hydrogens is 252 g/mol. The van der Waals surface area contributed by atoms with Crippen LogP contribution in [0.4, 0.5) is 0 Å². The number of benzene rings is 1. The van der Waals surface area contributed by atoms with Gasteiger partial charge in [0.15, 0.2) is 0 Å². The van der Waals surface area contributed by atoms with Gasteiger partial charge in [-0.3, -0.25) is 9.69 Å². The number of carbonyl (C=O) groups excluding carboxylic acids is 1. The van der Waals surface area contributed by atoms with Crippen molar-refractivity contribution in [3.8, 4) is 0 Å². The summed E-state index contributed by atoms with van der Waals surface area (Å²) < 4.78 is 5.27. The average Bonchev–Trinajstić information content (AvgIpc) is 2.49. The second-order valence-corrected chi connectivity index (χ2v) is 5.19. The monoisotopic (exact) mass is 276 g/mol. The Morgan fingerprint density at radius 1 is 1.30 bits per heavy atom. The molecule has 0 radical (unpaired) electrons. The summed E-state index contributed by atoms with van der Waals surface area (Å²) in [6, 6.07) is 10.7. The predicted molar refractivity (Wildman–Crippen MR) is 79.5 cm³/mol. The smallest absolute Gasteiger partial charge is 0.224 e. The van der Waals surface area contributed by atoms with Crippen LogP contribution in [0.2, 0.25) is 0 Å². The largest absolute Gasteiger partial charge is 0.381 e. The molecule has 1 aliphatic rings. The summed E-state index contributed by atoms with van der Waals surface area (Å²) >= 11 is 0. The molecule has 0 bridgehead atoms. The van der Waals surface area contributed by atoms with Gasteiger partial charge in [-0.05, 0) is 19.5 Å². The first-order chi connectivity index (χ1) is 9.72. The molecule has 0 N–H and O–H groups in total. The van der Waals surface area contributed by atoms with Crippen molar-refractivity contribution in [1.82, 2.24) is 9.80 Å². The molecule has 4 heteroatoms. The van der Waals surface area contributed by atoms with Gasteiger partial charge in [0, 0.05) is 26.2 Å². The van der Waals surface area contributed by atoms with Gasteiger partial charge >= 0.3 is 0 Å². The highest BCUT2D eigenvalue weighted by atomic mass is 16.5. The second-order valence-electron chi connectivity index (χ2n) is 5.19. The number of nitrogens with zero attached hydrogens (tertiary/aromatic N) is 2. The molecule has 20 heavy (non-hydrogen) atoms. The van der Waals surface area contributed by atoms with E-state index in [4.69, 9.17) is 4.74 Å². The third-order valence-electron chi connectivity index (χ3n) is 3.85. The highest BCUT2D eigenvalue weighted by molar-refractivity contribution is 5.76. The molecular formula is C16H24N2O2. The summed E-state index contributed by atoms with van der Waals surface area (Å²) in [5.74, 6) is 0.201. The van der Waals surface area contributed by atoms with Gasteiger partial charge in [-0.2, -0.15) is 0 Å². The average molecular weight is 276 g/mol. The summed E-state index contributed by atoms with van der Waals surface area (Å²) in [5.41, 5.74) is 1.28. The Morgan fingerprint density at radius 3 is 2.75 bits per heavy atom. The number of piperazine rings is 1. The zero-order valence-electron chi connectivity index (χ0n) is 12.4. The van der Waals surface area contributed by atoms with Crippen LogP contribution in [0, 0.1) is 0 Å². The molecule has 1 aliphatic heterocycles. The summed E-state index contributed by atoms with van der Waals surface area (Å²) in [6.07, 6.45) is 0.485. The number of ether oxygens (including phenoxy) is 1. The molecule has 0 spiro atoms. The van der Waals surface area contributed by atoms with Gasteiger partial charge in [0.05, 0.1) is 19.1 Å². The molecule has 0 aliphatic carbocycles. The lowest BCUT2D eigenvalue weighted by Gasteiger charge is -2.39. The van der Waals surface area contributed by atoms with Gasteiger partial charge in [-0.15, -0.1) is 0 Å². The van der Waals surface area contributed by atoms with Crippen LogP contribution in [0.25, 0.3) is 0 Å². The van der Waals surface area contributed by atoms with Crippen molar-refractivity contribution in [2.24, 2.45) is 0 Å². The van der Waals surface area contributed by atoms with Crippen molar-refractivity contribution >= 4 is 5.91 Å². The number of carbonyl (C=O) groups is 1. The fourth-order valence-electron chi connectivity index (χ4n) is 2.60. The fraction of sp³-hybridized carbons (Fsp3) is 0.562. The summed E-state index contributed by atoms with van der Waals surface area (Å²) in [5, 5.41) is 0. The highest BCUT2D eigenvalue weighted by Gasteiger charge is 2.27. The summed E-state index contributed by atoms with van der Waals surface area (Å²) in [6.45, 7) is 5.64. The van der Waals surface area contributed by atoms with Gasteiger partial charge in [-0.25, -0.2) is 0 Å². The third-order valence-corrected chi connectivity index (χ3v) is 3.85. The zero-order valence-corrected chi connectivity index (χ0v) is 12.4. The first-order valence-electron chi connectivity index (χ1n) is 7.33. The van der Waals surface area contributed by atoms with E-state index in [0.29, 0.717) is 25.7 Å². The van der Waals surface area contributed by atoms with Crippen LogP contribution < -0.4 is 0 Å². The SMILES string of the molecule is CCOCCC(=O)N1CCN(C)[C@@H](c2ccccc2)C1. The summed E-state index contributed by atoms with van der Waals surface area (Å²) in [7, 11) is 2.12. The molecule has 0 unspecified atom stereocenters. The first-order valence-corrected chi connectivity index (χ1v) is 7.33. The van der Waals surface area contributed by atoms with Crippen molar-refractivity contribution in [3.05, 3.63) is 35.9 Å². The van der Waals surface area contributed by atoms with Crippen molar-refractivity contribution in [1.29, 1.82) is 0 Å². The topological polar surface area (TPSA) is 32.8 Å². The minimum Gasteiger partial charge on any atom is -0.381 e. The molecule has 4 nitrogen and oxygen atoms in total. The van der Waals surface area contributed by atoms with Gasteiger partial charge in [-0.1, -0.05) is 30.3 Å². The Balaban J connectivity index is 1.96. The van der Waals surface area contributed by atoms with E-state index in [1.54, 1.807) is 0 Å². The lowest BCUT2D eigenvalue weighted by molar-refractivity contribution is -0.135. The van der Waals surface area contributed by atoms with Crippen LogP contribution in [0.1, 0.15) is 24.9 Å². The van der Waals surface area contributed by atoms with Crippen molar-refractivity contribution in [3.63, 3.8) is 0 Å². The Bertz CT molecular complexity index is 422. The normalized spacial score (nSPS) is 20.1. The van der Waals surface area contributed by atoms with Crippen LogP contribution in [-0.4, -0.2) is 55.6 Å². The van der Waals surface area contributed by atoms with E-state index in [-0.39, 0.29) is 5.91 Å². The Morgan fingerprint density at radius 2 is 2.05 bits per heavy atom. The quantitative estimate of drug-likeness (QED) is 0.770. The first kappa shape index (κ1) is 15.0. The maximum atomic E-state index is 12.2. The van der Waals surface area contributed by atoms with E-state index in [0.717, 1.165) is 19.6 Å². The molecule has 1 atom stereocenters. The molecule has 1 aromatic rings. The number of hydrogen-bond acceptors (Lipinski definition) is 3. The highest BCUT2D eigenvalue weighted by Crippen LogP contribution is 2.24. The standard InChI is InChI=1S/C16H24N2O2/c1-3-20-12-9-16(19)18-11-10-17(2)15(13-18)14-7-5-4-6-8-14/h4-8,15H,3,9-13H2,1-2H3/t15-/m1/s1. The molecule has 1 aromatic carbocycles. The lowest BCUT2D eigenvalue weighted by atomic mass is 10.0.